The molecule has 0 spiro atoms. The SMILES string of the molecule is CC(C)S(=O)(=O)c1ccccc1-c1cnc(N/N=C/c2cccc(C(F)(F)F)c2)nc1. The van der Waals surface area contributed by atoms with E-state index in [0.717, 1.165) is 12.1 Å². The summed E-state index contributed by atoms with van der Waals surface area (Å²) < 4.78 is 63.5. The predicted molar refractivity (Wildman–Crippen MR) is 112 cm³/mol. The number of aromatic nitrogens is 2. The van der Waals surface area contributed by atoms with Gasteiger partial charge in [-0.3, -0.25) is 0 Å². The molecule has 0 saturated carbocycles. The van der Waals surface area contributed by atoms with E-state index < -0.39 is 26.8 Å². The van der Waals surface area contributed by atoms with Gasteiger partial charge < -0.3 is 0 Å². The van der Waals surface area contributed by atoms with Crippen molar-refractivity contribution in [2.24, 2.45) is 5.10 Å². The summed E-state index contributed by atoms with van der Waals surface area (Å²) >= 11 is 0. The van der Waals surface area contributed by atoms with Crippen LogP contribution in [0, 0.1) is 0 Å². The van der Waals surface area contributed by atoms with Crippen LogP contribution in [-0.2, 0) is 16.0 Å². The number of nitrogens with one attached hydrogen (secondary N) is 1. The molecule has 0 bridgehead atoms. The van der Waals surface area contributed by atoms with Crippen LogP contribution in [0.15, 0.2) is 70.9 Å². The Bertz CT molecular complexity index is 1190. The standard InChI is InChI=1S/C21H19F3N4O2S/c1-14(2)31(29,30)19-9-4-3-8-18(19)16-12-25-20(26-13-16)28-27-11-15-6-5-7-17(10-15)21(22,23)24/h3-14H,1-2H3,(H,25,26,28)/b27-11+. The summed E-state index contributed by atoms with van der Waals surface area (Å²) in [5.41, 5.74) is 3.01. The number of anilines is 1. The van der Waals surface area contributed by atoms with Crippen LogP contribution < -0.4 is 5.43 Å². The van der Waals surface area contributed by atoms with Gasteiger partial charge in [-0.1, -0.05) is 30.3 Å². The first-order valence-corrected chi connectivity index (χ1v) is 10.8. The van der Waals surface area contributed by atoms with Gasteiger partial charge in [-0.15, -0.1) is 0 Å². The predicted octanol–water partition coefficient (Wildman–Crippen LogP) is 4.79. The van der Waals surface area contributed by atoms with Crippen molar-refractivity contribution in [3.05, 3.63) is 72.1 Å². The molecule has 0 unspecified atom stereocenters. The molecule has 0 saturated heterocycles. The Balaban J connectivity index is 1.78. The summed E-state index contributed by atoms with van der Waals surface area (Å²) in [5.74, 6) is 0.108. The lowest BCUT2D eigenvalue weighted by molar-refractivity contribution is -0.137. The van der Waals surface area contributed by atoms with E-state index in [4.69, 9.17) is 0 Å². The largest absolute Gasteiger partial charge is 0.416 e. The van der Waals surface area contributed by atoms with E-state index in [2.05, 4.69) is 20.5 Å². The maximum atomic E-state index is 12.8. The van der Waals surface area contributed by atoms with Crippen LogP contribution in [-0.4, -0.2) is 29.9 Å². The molecule has 0 radical (unpaired) electrons. The van der Waals surface area contributed by atoms with Crippen molar-refractivity contribution in [1.82, 2.24) is 9.97 Å². The van der Waals surface area contributed by atoms with Crippen molar-refractivity contribution in [2.75, 3.05) is 5.43 Å². The lowest BCUT2D eigenvalue weighted by Gasteiger charge is -2.12. The van der Waals surface area contributed by atoms with Gasteiger partial charge in [0.1, 0.15) is 0 Å². The van der Waals surface area contributed by atoms with Gasteiger partial charge in [0.25, 0.3) is 0 Å². The maximum Gasteiger partial charge on any atom is 0.416 e. The molecule has 0 atom stereocenters. The Morgan fingerprint density at radius 1 is 1.03 bits per heavy atom. The first-order valence-electron chi connectivity index (χ1n) is 9.20. The van der Waals surface area contributed by atoms with Crippen LogP contribution in [0.1, 0.15) is 25.0 Å². The van der Waals surface area contributed by atoms with Crippen molar-refractivity contribution in [2.45, 2.75) is 30.2 Å². The summed E-state index contributed by atoms with van der Waals surface area (Å²) in [7, 11) is -3.50. The molecule has 0 aliphatic rings. The molecule has 1 aromatic heterocycles. The molecule has 0 amide bonds. The average Bonchev–Trinajstić information content (AvgIpc) is 2.74. The molecule has 2 aromatic carbocycles. The quantitative estimate of drug-likeness (QED) is 0.433. The van der Waals surface area contributed by atoms with E-state index in [1.54, 1.807) is 32.0 Å². The molecule has 6 nitrogen and oxygen atoms in total. The molecule has 1 N–H and O–H groups in total. The van der Waals surface area contributed by atoms with Crippen LogP contribution in [0.4, 0.5) is 19.1 Å². The summed E-state index contributed by atoms with van der Waals surface area (Å²) in [5, 5.41) is 3.27. The van der Waals surface area contributed by atoms with Gasteiger partial charge in [-0.25, -0.2) is 23.8 Å². The highest BCUT2D eigenvalue weighted by Gasteiger charge is 2.30. The summed E-state index contributed by atoms with van der Waals surface area (Å²) in [6.45, 7) is 3.22. The van der Waals surface area contributed by atoms with Crippen LogP contribution in [0.25, 0.3) is 11.1 Å². The van der Waals surface area contributed by atoms with Gasteiger partial charge in [0.05, 0.1) is 21.9 Å². The van der Waals surface area contributed by atoms with Gasteiger partial charge in [0.15, 0.2) is 9.84 Å². The smallest absolute Gasteiger partial charge is 0.245 e. The van der Waals surface area contributed by atoms with Crippen LogP contribution in [0.5, 0.6) is 0 Å². The number of nitrogens with zero attached hydrogens (tertiary/aromatic N) is 3. The number of hydrazone groups is 1. The Labute approximate surface area is 177 Å². The van der Waals surface area contributed by atoms with Gasteiger partial charge in [0, 0.05) is 23.5 Å². The van der Waals surface area contributed by atoms with E-state index in [1.807, 2.05) is 0 Å². The number of alkyl halides is 3. The zero-order valence-electron chi connectivity index (χ0n) is 16.6. The molecular formula is C21H19F3N4O2S. The van der Waals surface area contributed by atoms with Crippen molar-refractivity contribution in [3.63, 3.8) is 0 Å². The second-order valence-corrected chi connectivity index (χ2v) is 9.35. The summed E-state index contributed by atoms with van der Waals surface area (Å²) in [6.07, 6.45) is -0.319. The first kappa shape index (κ1) is 22.4. The molecular weight excluding hydrogens is 429 g/mol. The van der Waals surface area contributed by atoms with E-state index in [1.165, 1.54) is 36.8 Å². The monoisotopic (exact) mass is 448 g/mol. The van der Waals surface area contributed by atoms with Crippen LogP contribution in [0.2, 0.25) is 0 Å². The van der Waals surface area contributed by atoms with Gasteiger partial charge in [0.2, 0.25) is 5.95 Å². The molecule has 162 valence electrons. The normalized spacial score (nSPS) is 12.5. The number of halogens is 3. The fraction of sp³-hybridized carbons (Fsp3) is 0.190. The molecule has 0 aliphatic carbocycles. The van der Waals surface area contributed by atoms with Gasteiger partial charge >= 0.3 is 6.18 Å². The Hall–Kier alpha value is -3.27. The van der Waals surface area contributed by atoms with Crippen LogP contribution >= 0.6 is 0 Å². The third-order valence-corrected chi connectivity index (χ3v) is 6.58. The molecule has 3 aromatic rings. The Morgan fingerprint density at radius 3 is 2.35 bits per heavy atom. The topological polar surface area (TPSA) is 84.3 Å². The van der Waals surface area contributed by atoms with Gasteiger partial charge in [-0.05, 0) is 37.6 Å². The minimum atomic E-state index is -4.43. The molecule has 10 heteroatoms. The van der Waals surface area contributed by atoms with Gasteiger partial charge in [-0.2, -0.15) is 18.3 Å². The highest BCUT2D eigenvalue weighted by atomic mass is 32.2. The van der Waals surface area contributed by atoms with E-state index in [0.29, 0.717) is 11.1 Å². The number of benzene rings is 2. The fourth-order valence-electron chi connectivity index (χ4n) is 2.69. The van der Waals surface area contributed by atoms with E-state index in [9.17, 15) is 21.6 Å². The number of hydrogen-bond acceptors (Lipinski definition) is 6. The Kier molecular flexibility index (Phi) is 6.40. The second-order valence-electron chi connectivity index (χ2n) is 6.88. The van der Waals surface area contributed by atoms with E-state index >= 15 is 0 Å². The zero-order valence-corrected chi connectivity index (χ0v) is 17.4. The van der Waals surface area contributed by atoms with E-state index in [-0.39, 0.29) is 16.4 Å². The fourth-order valence-corrected chi connectivity index (χ4v) is 3.96. The lowest BCUT2D eigenvalue weighted by atomic mass is 10.1. The second kappa shape index (κ2) is 8.84. The molecule has 1 heterocycles. The minimum absolute atomic E-state index is 0.108. The molecule has 31 heavy (non-hydrogen) atoms. The number of sulfone groups is 1. The molecule has 0 fully saturated rings. The summed E-state index contributed by atoms with van der Waals surface area (Å²) in [6, 6.07) is 11.3. The Morgan fingerprint density at radius 2 is 1.71 bits per heavy atom. The van der Waals surface area contributed by atoms with Crippen molar-refractivity contribution in [3.8, 4) is 11.1 Å². The first-order chi connectivity index (χ1) is 14.6. The number of hydrogen-bond donors (Lipinski definition) is 1. The van der Waals surface area contributed by atoms with Crippen LogP contribution in [0.3, 0.4) is 0 Å². The average molecular weight is 448 g/mol. The maximum absolute atomic E-state index is 12.8. The molecule has 0 aliphatic heterocycles. The zero-order chi connectivity index (χ0) is 22.6. The highest BCUT2D eigenvalue weighted by molar-refractivity contribution is 7.92. The van der Waals surface area contributed by atoms with Crippen molar-refractivity contribution < 1.29 is 21.6 Å². The lowest BCUT2D eigenvalue weighted by Crippen LogP contribution is -2.15. The number of rotatable bonds is 6. The molecule has 3 rings (SSSR count). The third kappa shape index (κ3) is 5.26. The minimum Gasteiger partial charge on any atom is -0.245 e. The van der Waals surface area contributed by atoms with Crippen molar-refractivity contribution in [1.29, 1.82) is 0 Å². The highest BCUT2D eigenvalue weighted by Crippen LogP contribution is 2.30. The van der Waals surface area contributed by atoms with Crippen molar-refractivity contribution >= 4 is 22.0 Å². The summed E-state index contributed by atoms with van der Waals surface area (Å²) in [4.78, 5) is 8.39. The third-order valence-electron chi connectivity index (χ3n) is 4.37.